The van der Waals surface area contributed by atoms with Crippen LogP contribution in [0.15, 0.2) is 61.2 Å². The van der Waals surface area contributed by atoms with Gasteiger partial charge in [-0.2, -0.15) is 0 Å². The number of hydrogen-bond donors (Lipinski definition) is 0. The minimum atomic E-state index is -0.152. The van der Waals surface area contributed by atoms with E-state index < -0.39 is 0 Å². The molecule has 8 nitrogen and oxygen atoms in total. The first-order valence-corrected chi connectivity index (χ1v) is 11.5. The number of methoxy groups -OCH3 is 1. The number of carbonyl (C=O) groups excluding carboxylic acids is 1. The molecule has 0 saturated heterocycles. The Balaban J connectivity index is 1.50. The van der Waals surface area contributed by atoms with Crippen molar-refractivity contribution in [2.24, 2.45) is 0 Å². The van der Waals surface area contributed by atoms with E-state index in [4.69, 9.17) is 19.2 Å². The Morgan fingerprint density at radius 1 is 1.09 bits per heavy atom. The van der Waals surface area contributed by atoms with Crippen molar-refractivity contribution in [2.75, 3.05) is 31.8 Å². The third-order valence-electron chi connectivity index (χ3n) is 4.97. The third kappa shape index (κ3) is 5.81. The van der Waals surface area contributed by atoms with Crippen LogP contribution in [0.4, 0.5) is 5.13 Å². The number of benzene rings is 2. The normalized spacial score (nSPS) is 10.8. The van der Waals surface area contributed by atoms with Gasteiger partial charge in [-0.15, -0.1) is 0 Å². The van der Waals surface area contributed by atoms with E-state index in [1.54, 1.807) is 48.8 Å². The molecule has 172 valence electrons. The molecule has 33 heavy (non-hydrogen) atoms. The van der Waals surface area contributed by atoms with Crippen LogP contribution in [0.5, 0.6) is 17.2 Å². The van der Waals surface area contributed by atoms with Crippen molar-refractivity contribution < 1.29 is 19.0 Å². The number of anilines is 1. The number of fused-ring (bicyclic) bond motifs is 1. The molecule has 2 heterocycles. The molecule has 0 bridgehead atoms. The average molecular weight is 467 g/mol. The molecule has 0 aliphatic rings. The molecule has 0 unspecified atom stereocenters. The Bertz CT molecular complexity index is 1180. The molecule has 2 aromatic carbocycles. The number of rotatable bonds is 11. The second kappa shape index (κ2) is 10.8. The summed E-state index contributed by atoms with van der Waals surface area (Å²) < 4.78 is 19.5. The highest BCUT2D eigenvalue weighted by atomic mass is 32.1. The van der Waals surface area contributed by atoms with Crippen molar-refractivity contribution in [3.05, 3.63) is 61.2 Å². The van der Waals surface area contributed by atoms with E-state index in [9.17, 15) is 4.79 Å². The zero-order valence-corrected chi connectivity index (χ0v) is 19.5. The number of aryl methyl sites for hydroxylation is 1. The molecule has 4 aromatic rings. The number of nitrogens with zero attached hydrogens (tertiary/aromatic N) is 4. The van der Waals surface area contributed by atoms with Crippen LogP contribution in [-0.4, -0.2) is 47.3 Å². The van der Waals surface area contributed by atoms with Crippen LogP contribution in [0.2, 0.25) is 0 Å². The SMILES string of the molecule is CCOc1ccc2nc(N(CCCn3ccnc3)C(=O)COc3ccc(OC)cc3)sc2c1. The fraction of sp³-hybridized carbons (Fsp3) is 0.292. The Hall–Kier alpha value is -3.59. The number of amides is 1. The second-order valence-corrected chi connectivity index (χ2v) is 8.23. The van der Waals surface area contributed by atoms with Gasteiger partial charge in [-0.25, -0.2) is 9.97 Å². The predicted octanol–water partition coefficient (Wildman–Crippen LogP) is 4.40. The molecule has 4 rings (SSSR count). The lowest BCUT2D eigenvalue weighted by atomic mass is 10.3. The van der Waals surface area contributed by atoms with Crippen molar-refractivity contribution >= 4 is 32.6 Å². The zero-order chi connectivity index (χ0) is 23.0. The summed E-state index contributed by atoms with van der Waals surface area (Å²) in [5.41, 5.74) is 0.835. The van der Waals surface area contributed by atoms with Crippen molar-refractivity contribution in [1.82, 2.24) is 14.5 Å². The van der Waals surface area contributed by atoms with E-state index in [0.29, 0.717) is 24.0 Å². The van der Waals surface area contributed by atoms with Gasteiger partial charge >= 0.3 is 0 Å². The molecule has 0 radical (unpaired) electrons. The summed E-state index contributed by atoms with van der Waals surface area (Å²) in [4.78, 5) is 23.7. The van der Waals surface area contributed by atoms with Crippen LogP contribution in [0.1, 0.15) is 13.3 Å². The molecule has 0 saturated carbocycles. The van der Waals surface area contributed by atoms with Crippen molar-refractivity contribution in [3.8, 4) is 17.2 Å². The van der Waals surface area contributed by atoms with Gasteiger partial charge in [-0.3, -0.25) is 9.69 Å². The Kier molecular flexibility index (Phi) is 7.41. The summed E-state index contributed by atoms with van der Waals surface area (Å²) in [7, 11) is 1.61. The van der Waals surface area contributed by atoms with Gasteiger partial charge in [0.05, 0.1) is 30.3 Å². The van der Waals surface area contributed by atoms with Crippen LogP contribution in [-0.2, 0) is 11.3 Å². The number of aromatic nitrogens is 3. The molecular formula is C24H26N4O4S. The van der Waals surface area contributed by atoms with Gasteiger partial charge in [0.2, 0.25) is 0 Å². The first kappa shape index (κ1) is 22.6. The molecule has 0 fully saturated rings. The second-order valence-electron chi connectivity index (χ2n) is 7.22. The Labute approximate surface area is 196 Å². The van der Waals surface area contributed by atoms with Crippen molar-refractivity contribution in [2.45, 2.75) is 19.9 Å². The van der Waals surface area contributed by atoms with E-state index in [0.717, 1.165) is 34.7 Å². The van der Waals surface area contributed by atoms with Crippen LogP contribution in [0.3, 0.4) is 0 Å². The van der Waals surface area contributed by atoms with Crippen molar-refractivity contribution in [1.29, 1.82) is 0 Å². The highest BCUT2D eigenvalue weighted by molar-refractivity contribution is 7.22. The molecule has 0 spiro atoms. The summed E-state index contributed by atoms with van der Waals surface area (Å²) >= 11 is 1.47. The molecule has 2 aromatic heterocycles. The highest BCUT2D eigenvalue weighted by Gasteiger charge is 2.20. The minimum absolute atomic E-state index is 0.0858. The zero-order valence-electron chi connectivity index (χ0n) is 18.6. The maximum absolute atomic E-state index is 13.2. The lowest BCUT2D eigenvalue weighted by Crippen LogP contribution is -2.36. The van der Waals surface area contributed by atoms with Gasteiger partial charge in [0.25, 0.3) is 5.91 Å². The van der Waals surface area contributed by atoms with Gasteiger partial charge in [-0.05, 0) is 55.8 Å². The molecule has 0 N–H and O–H groups in total. The molecule has 9 heteroatoms. The maximum atomic E-state index is 13.2. The molecule has 0 atom stereocenters. The van der Waals surface area contributed by atoms with Gasteiger partial charge in [0, 0.05) is 25.5 Å². The summed E-state index contributed by atoms with van der Waals surface area (Å²) in [6.45, 7) is 3.73. The molecular weight excluding hydrogens is 440 g/mol. The largest absolute Gasteiger partial charge is 0.497 e. The van der Waals surface area contributed by atoms with E-state index >= 15 is 0 Å². The monoisotopic (exact) mass is 466 g/mol. The molecule has 0 aliphatic heterocycles. The van der Waals surface area contributed by atoms with Gasteiger partial charge < -0.3 is 18.8 Å². The summed E-state index contributed by atoms with van der Waals surface area (Å²) in [6, 6.07) is 12.9. The summed E-state index contributed by atoms with van der Waals surface area (Å²) in [5, 5.41) is 0.646. The first-order chi connectivity index (χ1) is 16.2. The lowest BCUT2D eigenvalue weighted by Gasteiger charge is -2.20. The Morgan fingerprint density at radius 2 is 1.88 bits per heavy atom. The van der Waals surface area contributed by atoms with E-state index in [1.165, 1.54) is 11.3 Å². The van der Waals surface area contributed by atoms with E-state index in [-0.39, 0.29) is 12.5 Å². The quantitative estimate of drug-likeness (QED) is 0.326. The number of carbonyl (C=O) groups is 1. The topological polar surface area (TPSA) is 78.7 Å². The number of ether oxygens (including phenoxy) is 3. The smallest absolute Gasteiger partial charge is 0.266 e. The fourth-order valence-electron chi connectivity index (χ4n) is 3.32. The first-order valence-electron chi connectivity index (χ1n) is 10.7. The van der Waals surface area contributed by atoms with Gasteiger partial charge in [-0.1, -0.05) is 11.3 Å². The number of thiazole rings is 1. The van der Waals surface area contributed by atoms with Crippen LogP contribution >= 0.6 is 11.3 Å². The van der Waals surface area contributed by atoms with Gasteiger partial charge in [0.15, 0.2) is 11.7 Å². The third-order valence-corrected chi connectivity index (χ3v) is 6.01. The van der Waals surface area contributed by atoms with Gasteiger partial charge in [0.1, 0.15) is 17.2 Å². The summed E-state index contributed by atoms with van der Waals surface area (Å²) in [6.07, 6.45) is 6.18. The molecule has 1 amide bonds. The fourth-order valence-corrected chi connectivity index (χ4v) is 4.35. The van der Waals surface area contributed by atoms with E-state index in [2.05, 4.69) is 4.98 Å². The lowest BCUT2D eigenvalue weighted by molar-refractivity contribution is -0.120. The Morgan fingerprint density at radius 3 is 2.61 bits per heavy atom. The standard InChI is InChI=1S/C24H26N4O4S/c1-3-31-20-9-10-21-22(15-20)33-24(26-21)28(13-4-12-27-14-11-25-17-27)23(29)16-32-19-7-5-18(30-2)6-8-19/h5-11,14-15,17H,3-4,12-13,16H2,1-2H3. The van der Waals surface area contributed by atoms with Crippen LogP contribution in [0, 0.1) is 0 Å². The summed E-state index contributed by atoms with van der Waals surface area (Å²) in [5.74, 6) is 1.98. The average Bonchev–Trinajstić information content (AvgIpc) is 3.50. The van der Waals surface area contributed by atoms with Crippen LogP contribution in [0.25, 0.3) is 10.2 Å². The maximum Gasteiger partial charge on any atom is 0.266 e. The number of imidazole rings is 1. The van der Waals surface area contributed by atoms with Crippen LogP contribution < -0.4 is 19.1 Å². The molecule has 0 aliphatic carbocycles. The predicted molar refractivity (Wildman–Crippen MR) is 128 cm³/mol. The van der Waals surface area contributed by atoms with E-state index in [1.807, 2.05) is 35.9 Å². The highest BCUT2D eigenvalue weighted by Crippen LogP contribution is 2.32. The van der Waals surface area contributed by atoms with Crippen molar-refractivity contribution in [3.63, 3.8) is 0 Å². The minimum Gasteiger partial charge on any atom is -0.497 e. The number of hydrogen-bond acceptors (Lipinski definition) is 7.